The van der Waals surface area contributed by atoms with Crippen LogP contribution in [0.4, 0.5) is 18.9 Å². The predicted molar refractivity (Wildman–Crippen MR) is 95.3 cm³/mol. The Hall–Kier alpha value is -0.815. The second-order valence-electron chi connectivity index (χ2n) is 6.93. The van der Waals surface area contributed by atoms with Gasteiger partial charge in [0.25, 0.3) is 0 Å². The van der Waals surface area contributed by atoms with Gasteiger partial charge in [0.15, 0.2) is 0 Å². The van der Waals surface area contributed by atoms with Crippen molar-refractivity contribution in [3.63, 3.8) is 0 Å². The number of benzene rings is 1. The molecule has 130 valence electrons. The van der Waals surface area contributed by atoms with Gasteiger partial charge >= 0.3 is 13.7 Å². The first-order chi connectivity index (χ1) is 10.5. The molecule has 0 saturated carbocycles. The van der Waals surface area contributed by atoms with Crippen LogP contribution < -0.4 is 10.8 Å². The minimum absolute atomic E-state index is 0.0501. The third-order valence-corrected chi connectivity index (χ3v) is 4.26. The van der Waals surface area contributed by atoms with Gasteiger partial charge in [-0.3, -0.25) is 0 Å². The molecule has 0 aromatic heterocycles. The largest absolute Gasteiger partial charge is 0.434 e. The van der Waals surface area contributed by atoms with Gasteiger partial charge in [-0.05, 0) is 43.6 Å². The average molecular weight is 347 g/mol. The molecule has 7 heteroatoms. The van der Waals surface area contributed by atoms with E-state index in [-0.39, 0.29) is 24.5 Å². The summed E-state index contributed by atoms with van der Waals surface area (Å²) in [5, 5.41) is 3.08. The SMILES string of the molecule is Cc1c(NC(C)C)cc(BOCC(C)(C)CS)cc1C(F)(F)F. The molecule has 0 fully saturated rings. The number of halogens is 3. The fraction of sp³-hybridized carbons (Fsp3) is 0.625. The Morgan fingerprint density at radius 1 is 1.26 bits per heavy atom. The molecule has 0 amide bonds. The molecule has 0 aliphatic rings. The summed E-state index contributed by atoms with van der Waals surface area (Å²) in [5.41, 5.74) is 0.503. The van der Waals surface area contributed by atoms with E-state index in [4.69, 9.17) is 4.65 Å². The summed E-state index contributed by atoms with van der Waals surface area (Å²) in [6, 6.07) is 2.96. The fourth-order valence-electron chi connectivity index (χ4n) is 2.10. The Bertz CT molecular complexity index is 533. The van der Waals surface area contributed by atoms with E-state index < -0.39 is 11.7 Å². The van der Waals surface area contributed by atoms with Gasteiger partial charge in [-0.15, -0.1) is 0 Å². The second-order valence-corrected chi connectivity index (χ2v) is 7.24. The van der Waals surface area contributed by atoms with Crippen LogP contribution in [0.25, 0.3) is 0 Å². The first-order valence-electron chi connectivity index (χ1n) is 7.62. The van der Waals surface area contributed by atoms with Crippen LogP contribution in [0, 0.1) is 12.3 Å². The third-order valence-electron chi connectivity index (χ3n) is 3.41. The Morgan fingerprint density at radius 2 is 1.87 bits per heavy atom. The van der Waals surface area contributed by atoms with E-state index in [0.29, 0.717) is 23.5 Å². The summed E-state index contributed by atoms with van der Waals surface area (Å²) in [4.78, 5) is 0. The molecule has 0 saturated heterocycles. The van der Waals surface area contributed by atoms with Crippen molar-refractivity contribution in [1.29, 1.82) is 0 Å². The molecule has 1 aromatic carbocycles. The third kappa shape index (κ3) is 6.30. The van der Waals surface area contributed by atoms with Gasteiger partial charge < -0.3 is 9.97 Å². The molecule has 0 atom stereocenters. The smallest absolute Gasteiger partial charge is 0.416 e. The quantitative estimate of drug-likeness (QED) is 0.579. The highest BCUT2D eigenvalue weighted by atomic mass is 32.1. The number of hydrogen-bond donors (Lipinski definition) is 2. The van der Waals surface area contributed by atoms with Gasteiger partial charge in [0.05, 0.1) is 5.56 Å². The highest BCUT2D eigenvalue weighted by molar-refractivity contribution is 7.80. The van der Waals surface area contributed by atoms with E-state index in [1.165, 1.54) is 13.0 Å². The standard InChI is InChI=1S/C16H25BF3NOS/c1-10(2)21-14-7-12(17-22-8-15(4,5)9-23)6-13(11(14)3)16(18,19)20/h6-7,10,17,21,23H,8-9H2,1-5H3. The average Bonchev–Trinajstić information content (AvgIpc) is 2.40. The van der Waals surface area contributed by atoms with E-state index >= 15 is 0 Å². The van der Waals surface area contributed by atoms with Gasteiger partial charge in [0, 0.05) is 18.3 Å². The summed E-state index contributed by atoms with van der Waals surface area (Å²) in [7, 11) is 0.146. The maximum atomic E-state index is 13.2. The highest BCUT2D eigenvalue weighted by Crippen LogP contribution is 2.34. The van der Waals surface area contributed by atoms with Crippen molar-refractivity contribution in [3.8, 4) is 0 Å². The van der Waals surface area contributed by atoms with Gasteiger partial charge in [-0.1, -0.05) is 25.4 Å². The Labute approximate surface area is 142 Å². The number of hydrogen-bond acceptors (Lipinski definition) is 3. The van der Waals surface area contributed by atoms with Crippen molar-refractivity contribution in [3.05, 3.63) is 23.3 Å². The Kier molecular flexibility index (Phi) is 6.89. The van der Waals surface area contributed by atoms with E-state index in [0.717, 1.165) is 0 Å². The Morgan fingerprint density at radius 3 is 2.35 bits per heavy atom. The minimum Gasteiger partial charge on any atom is -0.434 e. The summed E-state index contributed by atoms with van der Waals surface area (Å²) < 4.78 is 45.3. The van der Waals surface area contributed by atoms with Crippen molar-refractivity contribution in [2.45, 2.75) is 46.8 Å². The molecular formula is C16H25BF3NOS. The van der Waals surface area contributed by atoms with Crippen molar-refractivity contribution in [2.75, 3.05) is 17.7 Å². The molecule has 1 aromatic rings. The lowest BCUT2D eigenvalue weighted by molar-refractivity contribution is -0.137. The van der Waals surface area contributed by atoms with Crippen LogP contribution in [0.1, 0.15) is 38.8 Å². The van der Waals surface area contributed by atoms with Crippen molar-refractivity contribution >= 4 is 31.3 Å². The zero-order valence-corrected chi connectivity index (χ0v) is 15.2. The van der Waals surface area contributed by atoms with Crippen LogP contribution in [0.15, 0.2) is 12.1 Å². The summed E-state index contributed by atoms with van der Waals surface area (Å²) in [5.74, 6) is 0.648. The van der Waals surface area contributed by atoms with Crippen LogP contribution in [0.3, 0.4) is 0 Å². The normalized spacial score (nSPS) is 12.6. The predicted octanol–water partition coefficient (Wildman–Crippen LogP) is 3.78. The monoisotopic (exact) mass is 347 g/mol. The number of thiol groups is 1. The highest BCUT2D eigenvalue weighted by Gasteiger charge is 2.33. The van der Waals surface area contributed by atoms with Crippen LogP contribution >= 0.6 is 12.6 Å². The van der Waals surface area contributed by atoms with Crippen molar-refractivity contribution < 1.29 is 17.8 Å². The number of nitrogens with one attached hydrogen (secondary N) is 1. The van der Waals surface area contributed by atoms with Crippen LogP contribution in [-0.4, -0.2) is 25.9 Å². The second kappa shape index (κ2) is 7.84. The molecule has 1 N–H and O–H groups in total. The van der Waals surface area contributed by atoms with Crippen molar-refractivity contribution in [2.24, 2.45) is 5.41 Å². The van der Waals surface area contributed by atoms with Crippen LogP contribution in [0.2, 0.25) is 0 Å². The first-order valence-corrected chi connectivity index (χ1v) is 8.25. The summed E-state index contributed by atoms with van der Waals surface area (Å²) in [6.45, 7) is 9.72. The zero-order valence-electron chi connectivity index (χ0n) is 14.3. The van der Waals surface area contributed by atoms with Gasteiger partial charge in [-0.25, -0.2) is 0 Å². The summed E-state index contributed by atoms with van der Waals surface area (Å²) >= 11 is 4.24. The molecule has 0 aliphatic heterocycles. The lowest BCUT2D eigenvalue weighted by Gasteiger charge is -2.23. The maximum absolute atomic E-state index is 13.2. The number of alkyl halides is 3. The lowest BCUT2D eigenvalue weighted by Crippen LogP contribution is -2.28. The zero-order chi connectivity index (χ0) is 17.8. The van der Waals surface area contributed by atoms with E-state index in [2.05, 4.69) is 17.9 Å². The fourth-order valence-corrected chi connectivity index (χ4v) is 2.19. The molecule has 0 spiro atoms. The van der Waals surface area contributed by atoms with E-state index in [9.17, 15) is 13.2 Å². The molecule has 0 bridgehead atoms. The molecule has 2 nitrogen and oxygen atoms in total. The first kappa shape index (κ1) is 20.2. The summed E-state index contributed by atoms with van der Waals surface area (Å²) in [6.07, 6.45) is -4.38. The van der Waals surface area contributed by atoms with Gasteiger partial charge in [0.1, 0.15) is 0 Å². The molecule has 23 heavy (non-hydrogen) atoms. The Balaban J connectivity index is 3.03. The van der Waals surface area contributed by atoms with Crippen LogP contribution in [0.5, 0.6) is 0 Å². The lowest BCUT2D eigenvalue weighted by atomic mass is 9.84. The minimum atomic E-state index is -4.38. The number of anilines is 1. The van der Waals surface area contributed by atoms with Crippen LogP contribution in [-0.2, 0) is 10.8 Å². The molecule has 1 rings (SSSR count). The molecule has 0 radical (unpaired) electrons. The van der Waals surface area contributed by atoms with Crippen molar-refractivity contribution in [1.82, 2.24) is 0 Å². The topological polar surface area (TPSA) is 21.3 Å². The molecule has 0 unspecified atom stereocenters. The van der Waals surface area contributed by atoms with E-state index in [1.54, 1.807) is 6.07 Å². The van der Waals surface area contributed by atoms with E-state index in [1.807, 2.05) is 27.7 Å². The number of rotatable bonds is 7. The van der Waals surface area contributed by atoms with Gasteiger partial charge in [0.2, 0.25) is 0 Å². The molecular weight excluding hydrogens is 322 g/mol. The molecule has 0 aliphatic carbocycles. The molecule has 0 heterocycles. The maximum Gasteiger partial charge on any atom is 0.416 e. The van der Waals surface area contributed by atoms with Gasteiger partial charge in [-0.2, -0.15) is 25.8 Å².